The quantitative estimate of drug-likeness (QED) is 0.637. The van der Waals surface area contributed by atoms with Gasteiger partial charge in [-0.15, -0.1) is 6.58 Å². The average molecular weight is 229 g/mol. The van der Waals surface area contributed by atoms with Crippen LogP contribution in [0.1, 0.15) is 26.7 Å². The number of amides is 1. The number of carbonyl (C=O) groups is 2. The van der Waals surface area contributed by atoms with Crippen LogP contribution in [-0.2, 0) is 14.3 Å². The number of carbonyl (C=O) groups excluding carboxylic acids is 1. The fraction of sp³-hybridized carbons (Fsp3) is 0.636. The van der Waals surface area contributed by atoms with Gasteiger partial charge in [0.25, 0.3) is 5.91 Å². The molecule has 5 heteroatoms. The fourth-order valence-corrected chi connectivity index (χ4v) is 0.967. The molecule has 16 heavy (non-hydrogen) atoms. The van der Waals surface area contributed by atoms with E-state index in [-0.39, 0.29) is 0 Å². The number of ether oxygens (including phenoxy) is 1. The third-order valence-corrected chi connectivity index (χ3v) is 2.32. The number of allylic oxidation sites excluding steroid dienone is 1. The van der Waals surface area contributed by atoms with E-state index in [4.69, 9.17) is 9.84 Å². The van der Waals surface area contributed by atoms with Crippen LogP contribution in [-0.4, -0.2) is 35.7 Å². The maximum Gasteiger partial charge on any atom is 0.326 e. The van der Waals surface area contributed by atoms with Crippen LogP contribution in [0.15, 0.2) is 12.7 Å². The third-order valence-electron chi connectivity index (χ3n) is 2.32. The molecule has 1 atom stereocenters. The number of hydrogen-bond acceptors (Lipinski definition) is 3. The fourth-order valence-electron chi connectivity index (χ4n) is 0.967. The van der Waals surface area contributed by atoms with Gasteiger partial charge in [0.05, 0.1) is 0 Å². The molecule has 0 aliphatic carbocycles. The number of methoxy groups -OCH3 is 1. The smallest absolute Gasteiger partial charge is 0.326 e. The Hall–Kier alpha value is -1.36. The predicted molar refractivity (Wildman–Crippen MR) is 60.1 cm³/mol. The van der Waals surface area contributed by atoms with Crippen molar-refractivity contribution < 1.29 is 19.4 Å². The van der Waals surface area contributed by atoms with Crippen molar-refractivity contribution >= 4 is 11.9 Å². The van der Waals surface area contributed by atoms with Gasteiger partial charge in [0, 0.05) is 7.11 Å². The summed E-state index contributed by atoms with van der Waals surface area (Å²) in [7, 11) is 1.40. The van der Waals surface area contributed by atoms with Gasteiger partial charge in [-0.3, -0.25) is 4.79 Å². The molecule has 0 aromatic heterocycles. The van der Waals surface area contributed by atoms with Crippen LogP contribution in [0.2, 0.25) is 0 Å². The lowest BCUT2D eigenvalue weighted by Crippen LogP contribution is -2.50. The van der Waals surface area contributed by atoms with E-state index in [1.807, 2.05) is 0 Å². The van der Waals surface area contributed by atoms with Crippen LogP contribution in [0.25, 0.3) is 0 Å². The van der Waals surface area contributed by atoms with Gasteiger partial charge in [0.1, 0.15) is 11.6 Å². The highest BCUT2D eigenvalue weighted by Crippen LogP contribution is 2.09. The van der Waals surface area contributed by atoms with Crippen LogP contribution in [0.3, 0.4) is 0 Å². The molecule has 0 saturated carbocycles. The molecular weight excluding hydrogens is 210 g/mol. The first-order valence-corrected chi connectivity index (χ1v) is 5.05. The number of rotatable bonds is 7. The molecule has 0 saturated heterocycles. The van der Waals surface area contributed by atoms with Crippen molar-refractivity contribution in [3.8, 4) is 0 Å². The SMILES string of the molecule is C=CCCC(NC(=O)C(C)(C)OC)C(=O)O. The summed E-state index contributed by atoms with van der Waals surface area (Å²) in [5.41, 5.74) is -1.03. The number of carboxylic acids is 1. The first kappa shape index (κ1) is 14.6. The minimum Gasteiger partial charge on any atom is -0.480 e. The van der Waals surface area contributed by atoms with Crippen LogP contribution in [0.4, 0.5) is 0 Å². The molecule has 1 unspecified atom stereocenters. The summed E-state index contributed by atoms with van der Waals surface area (Å²) in [6, 6.07) is -0.903. The van der Waals surface area contributed by atoms with Gasteiger partial charge in [-0.1, -0.05) is 6.08 Å². The molecule has 0 rings (SSSR count). The Kier molecular flexibility index (Phi) is 5.74. The van der Waals surface area contributed by atoms with Crippen molar-refractivity contribution in [1.29, 1.82) is 0 Å². The van der Waals surface area contributed by atoms with Crippen molar-refractivity contribution in [3.05, 3.63) is 12.7 Å². The molecule has 0 radical (unpaired) electrons. The van der Waals surface area contributed by atoms with Crippen molar-refractivity contribution in [2.24, 2.45) is 0 Å². The van der Waals surface area contributed by atoms with Crippen LogP contribution < -0.4 is 5.32 Å². The Bertz CT molecular complexity index is 273. The molecule has 0 fully saturated rings. The summed E-state index contributed by atoms with van der Waals surface area (Å²) < 4.78 is 4.96. The molecule has 5 nitrogen and oxygen atoms in total. The zero-order valence-electron chi connectivity index (χ0n) is 9.95. The van der Waals surface area contributed by atoms with Crippen LogP contribution >= 0.6 is 0 Å². The van der Waals surface area contributed by atoms with Crippen molar-refractivity contribution in [3.63, 3.8) is 0 Å². The Morgan fingerprint density at radius 3 is 2.50 bits per heavy atom. The van der Waals surface area contributed by atoms with Crippen molar-refractivity contribution in [1.82, 2.24) is 5.32 Å². The maximum atomic E-state index is 11.6. The van der Waals surface area contributed by atoms with Gasteiger partial charge in [-0.05, 0) is 26.7 Å². The second-order valence-electron chi connectivity index (χ2n) is 3.94. The zero-order chi connectivity index (χ0) is 12.8. The highest BCUT2D eigenvalue weighted by Gasteiger charge is 2.30. The molecule has 0 aliphatic rings. The Labute approximate surface area is 95.5 Å². The number of nitrogens with one attached hydrogen (secondary N) is 1. The van der Waals surface area contributed by atoms with Gasteiger partial charge < -0.3 is 15.2 Å². The Balaban J connectivity index is 4.45. The lowest BCUT2D eigenvalue weighted by atomic mass is 10.1. The van der Waals surface area contributed by atoms with Gasteiger partial charge in [0.15, 0.2) is 0 Å². The molecule has 1 amide bonds. The Morgan fingerprint density at radius 2 is 2.12 bits per heavy atom. The summed E-state index contributed by atoms with van der Waals surface area (Å²) in [6.45, 7) is 6.66. The average Bonchev–Trinajstić information content (AvgIpc) is 2.23. The topological polar surface area (TPSA) is 75.6 Å². The van der Waals surface area contributed by atoms with E-state index in [0.717, 1.165) is 0 Å². The zero-order valence-corrected chi connectivity index (χ0v) is 9.95. The maximum absolute atomic E-state index is 11.6. The first-order chi connectivity index (χ1) is 7.35. The van der Waals surface area contributed by atoms with E-state index in [9.17, 15) is 9.59 Å². The van der Waals surface area contributed by atoms with E-state index >= 15 is 0 Å². The molecule has 2 N–H and O–H groups in total. The minimum atomic E-state index is -1.05. The monoisotopic (exact) mass is 229 g/mol. The van der Waals surface area contributed by atoms with E-state index < -0.39 is 23.5 Å². The second-order valence-corrected chi connectivity index (χ2v) is 3.94. The molecule has 0 aromatic rings. The minimum absolute atomic E-state index is 0.324. The van der Waals surface area contributed by atoms with Crippen LogP contribution in [0, 0.1) is 0 Å². The lowest BCUT2D eigenvalue weighted by molar-refractivity contribution is -0.147. The van der Waals surface area contributed by atoms with Crippen LogP contribution in [0.5, 0.6) is 0 Å². The van der Waals surface area contributed by atoms with Gasteiger partial charge in [0.2, 0.25) is 0 Å². The summed E-state index contributed by atoms with van der Waals surface area (Å²) in [6.07, 6.45) is 2.47. The van der Waals surface area contributed by atoms with Gasteiger partial charge in [-0.25, -0.2) is 4.79 Å². The van der Waals surface area contributed by atoms with Crippen molar-refractivity contribution in [2.45, 2.75) is 38.3 Å². The van der Waals surface area contributed by atoms with E-state index in [1.54, 1.807) is 19.9 Å². The molecule has 0 aromatic carbocycles. The molecule has 0 heterocycles. The summed E-state index contributed by atoms with van der Waals surface area (Å²) in [5.74, 6) is -1.49. The summed E-state index contributed by atoms with van der Waals surface area (Å²) in [5, 5.41) is 11.3. The standard InChI is InChI=1S/C11H19NO4/c1-5-6-7-8(9(13)14)12-10(15)11(2,3)16-4/h5,8H,1,6-7H2,2-4H3,(H,12,15)(H,13,14). The van der Waals surface area contributed by atoms with E-state index in [2.05, 4.69) is 11.9 Å². The first-order valence-electron chi connectivity index (χ1n) is 5.05. The van der Waals surface area contributed by atoms with Crippen molar-refractivity contribution in [2.75, 3.05) is 7.11 Å². The molecule has 0 bridgehead atoms. The Morgan fingerprint density at radius 1 is 1.56 bits per heavy atom. The van der Waals surface area contributed by atoms with E-state index in [1.165, 1.54) is 7.11 Å². The van der Waals surface area contributed by atoms with Gasteiger partial charge in [-0.2, -0.15) is 0 Å². The third kappa shape index (κ3) is 4.44. The lowest BCUT2D eigenvalue weighted by Gasteiger charge is -2.24. The highest BCUT2D eigenvalue weighted by atomic mass is 16.5. The number of carboxylic acid groups (broad SMARTS) is 1. The number of hydrogen-bond donors (Lipinski definition) is 2. The predicted octanol–water partition coefficient (Wildman–Crippen LogP) is 0.947. The molecule has 92 valence electrons. The summed E-state index contributed by atoms with van der Waals surface area (Å²) in [4.78, 5) is 22.5. The summed E-state index contributed by atoms with van der Waals surface area (Å²) >= 11 is 0. The number of aliphatic carboxylic acids is 1. The van der Waals surface area contributed by atoms with Gasteiger partial charge >= 0.3 is 5.97 Å². The largest absolute Gasteiger partial charge is 0.480 e. The second kappa shape index (κ2) is 6.27. The normalized spacial score (nSPS) is 12.9. The molecule has 0 aliphatic heterocycles. The van der Waals surface area contributed by atoms with E-state index in [0.29, 0.717) is 12.8 Å². The molecule has 0 spiro atoms. The highest BCUT2D eigenvalue weighted by molar-refractivity contribution is 5.88. The molecular formula is C11H19NO4.